The first-order chi connectivity index (χ1) is 12.5. The molecule has 2 rings (SSSR count). The third-order valence-electron chi connectivity index (χ3n) is 4.09. The maximum absolute atomic E-state index is 14.0. The monoisotopic (exact) mass is 445 g/mol. The third-order valence-corrected chi connectivity index (χ3v) is 5.19. The number of rotatable bonds is 9. The Morgan fingerprint density at radius 3 is 2.65 bits per heavy atom. The summed E-state index contributed by atoms with van der Waals surface area (Å²) in [4.78, 5) is 0. The second-order valence-corrected chi connectivity index (χ2v) is 6.98. The zero-order valence-electron chi connectivity index (χ0n) is 14.7. The Morgan fingerprint density at radius 1 is 1.27 bits per heavy atom. The Labute approximate surface area is 166 Å². The number of aliphatic hydroxyl groups excluding tert-OH is 1. The van der Waals surface area contributed by atoms with Crippen LogP contribution in [0.5, 0.6) is 11.5 Å². The van der Waals surface area contributed by atoms with Gasteiger partial charge in [-0.3, -0.25) is 0 Å². The quantitative estimate of drug-likeness (QED) is 0.587. The largest absolute Gasteiger partial charge is 0.493 e. The molecule has 0 aliphatic heterocycles. The fourth-order valence-corrected chi connectivity index (χ4v) is 3.13. The molecule has 0 saturated heterocycles. The molecule has 0 spiro atoms. The first-order valence-corrected chi connectivity index (χ1v) is 9.44. The summed E-state index contributed by atoms with van der Waals surface area (Å²) in [6.45, 7) is 2.46. The Kier molecular flexibility index (Phi) is 8.15. The average molecular weight is 447 g/mol. The standard InChI is InChI=1S/C19H22BrClFNO3/c1-3-12(10-24)23-9-13-15(20)7-8-18(25-2)19(13)26-11-14-16(21)5-4-6-17(14)22/h4-8,12,23-24H,3,9-11H2,1-2H3. The molecule has 0 saturated carbocycles. The van der Waals surface area contributed by atoms with Crippen LogP contribution >= 0.6 is 27.5 Å². The van der Waals surface area contributed by atoms with Crippen molar-refractivity contribution in [3.05, 3.63) is 56.8 Å². The Morgan fingerprint density at radius 2 is 2.04 bits per heavy atom. The molecule has 1 atom stereocenters. The number of benzene rings is 2. The van der Waals surface area contributed by atoms with E-state index in [1.165, 1.54) is 6.07 Å². The fraction of sp³-hybridized carbons (Fsp3) is 0.368. The van der Waals surface area contributed by atoms with Gasteiger partial charge in [-0.05, 0) is 30.7 Å². The van der Waals surface area contributed by atoms with E-state index >= 15 is 0 Å². The van der Waals surface area contributed by atoms with E-state index in [0.717, 1.165) is 16.5 Å². The molecule has 0 heterocycles. The van der Waals surface area contributed by atoms with Crippen molar-refractivity contribution in [2.45, 2.75) is 32.5 Å². The van der Waals surface area contributed by atoms with E-state index in [1.807, 2.05) is 13.0 Å². The SMILES string of the molecule is CCC(CO)NCc1c(Br)ccc(OC)c1OCc1c(F)cccc1Cl. The second-order valence-electron chi connectivity index (χ2n) is 5.71. The van der Waals surface area contributed by atoms with Crippen LogP contribution in [-0.4, -0.2) is 24.9 Å². The number of nitrogens with one attached hydrogen (secondary N) is 1. The first kappa shape index (κ1) is 21.0. The van der Waals surface area contributed by atoms with Crippen LogP contribution < -0.4 is 14.8 Å². The van der Waals surface area contributed by atoms with Gasteiger partial charge >= 0.3 is 0 Å². The topological polar surface area (TPSA) is 50.7 Å². The molecule has 0 fully saturated rings. The summed E-state index contributed by atoms with van der Waals surface area (Å²) in [5.41, 5.74) is 1.11. The van der Waals surface area contributed by atoms with Crippen molar-refractivity contribution in [1.29, 1.82) is 0 Å². The lowest BCUT2D eigenvalue weighted by Gasteiger charge is -2.20. The summed E-state index contributed by atoms with van der Waals surface area (Å²) in [7, 11) is 1.55. The Hall–Kier alpha value is -1.34. The van der Waals surface area contributed by atoms with E-state index in [2.05, 4.69) is 21.2 Å². The van der Waals surface area contributed by atoms with E-state index in [0.29, 0.717) is 23.1 Å². The van der Waals surface area contributed by atoms with E-state index < -0.39 is 5.82 Å². The predicted octanol–water partition coefficient (Wildman–Crippen LogP) is 4.69. The molecule has 2 aromatic carbocycles. The van der Waals surface area contributed by atoms with E-state index in [-0.39, 0.29) is 24.8 Å². The molecule has 4 nitrogen and oxygen atoms in total. The average Bonchev–Trinajstić information content (AvgIpc) is 2.63. The maximum atomic E-state index is 14.0. The lowest BCUT2D eigenvalue weighted by molar-refractivity contribution is 0.236. The van der Waals surface area contributed by atoms with E-state index in [1.54, 1.807) is 25.3 Å². The molecule has 0 radical (unpaired) electrons. The van der Waals surface area contributed by atoms with Gasteiger partial charge < -0.3 is 19.9 Å². The van der Waals surface area contributed by atoms with Crippen molar-refractivity contribution in [1.82, 2.24) is 5.32 Å². The minimum absolute atomic E-state index is 0.0253. The highest BCUT2D eigenvalue weighted by Gasteiger charge is 2.17. The van der Waals surface area contributed by atoms with Gasteiger partial charge in [0.1, 0.15) is 12.4 Å². The summed E-state index contributed by atoms with van der Waals surface area (Å²) < 4.78 is 26.1. The molecule has 0 aliphatic carbocycles. The van der Waals surface area contributed by atoms with Gasteiger partial charge in [0.25, 0.3) is 0 Å². The van der Waals surface area contributed by atoms with Crippen molar-refractivity contribution in [3.63, 3.8) is 0 Å². The number of halogens is 3. The van der Waals surface area contributed by atoms with Crippen LogP contribution in [0, 0.1) is 5.82 Å². The van der Waals surface area contributed by atoms with Crippen molar-refractivity contribution < 1.29 is 19.0 Å². The van der Waals surface area contributed by atoms with E-state index in [4.69, 9.17) is 21.1 Å². The van der Waals surface area contributed by atoms with Crippen molar-refractivity contribution in [2.24, 2.45) is 0 Å². The van der Waals surface area contributed by atoms with Crippen molar-refractivity contribution >= 4 is 27.5 Å². The smallest absolute Gasteiger partial charge is 0.167 e. The number of hydrogen-bond donors (Lipinski definition) is 2. The van der Waals surface area contributed by atoms with Crippen LogP contribution in [0.15, 0.2) is 34.8 Å². The van der Waals surface area contributed by atoms with Crippen LogP contribution in [0.2, 0.25) is 5.02 Å². The number of aliphatic hydroxyl groups is 1. The molecule has 0 bridgehead atoms. The van der Waals surface area contributed by atoms with E-state index in [9.17, 15) is 9.50 Å². The van der Waals surface area contributed by atoms with Gasteiger partial charge in [0.05, 0.1) is 18.7 Å². The third kappa shape index (κ3) is 5.10. The van der Waals surface area contributed by atoms with Crippen LogP contribution in [0.4, 0.5) is 4.39 Å². The molecule has 2 aromatic rings. The molecule has 26 heavy (non-hydrogen) atoms. The molecule has 0 amide bonds. The number of methoxy groups -OCH3 is 1. The van der Waals surface area contributed by atoms with Crippen molar-refractivity contribution in [3.8, 4) is 11.5 Å². The normalized spacial score (nSPS) is 12.1. The second kappa shape index (κ2) is 10.1. The molecule has 0 aliphatic rings. The number of ether oxygens (including phenoxy) is 2. The maximum Gasteiger partial charge on any atom is 0.167 e. The van der Waals surface area contributed by atoms with Gasteiger partial charge in [0.15, 0.2) is 11.5 Å². The molecule has 0 aromatic heterocycles. The molecular formula is C19H22BrClFNO3. The zero-order chi connectivity index (χ0) is 19.1. The van der Waals surface area contributed by atoms with Crippen molar-refractivity contribution in [2.75, 3.05) is 13.7 Å². The summed E-state index contributed by atoms with van der Waals surface area (Å²) in [5.74, 6) is 0.619. The Bertz CT molecular complexity index is 721. The molecule has 142 valence electrons. The highest BCUT2D eigenvalue weighted by Crippen LogP contribution is 2.37. The lowest BCUT2D eigenvalue weighted by Crippen LogP contribution is -2.31. The minimum atomic E-state index is -0.419. The molecule has 1 unspecified atom stereocenters. The number of hydrogen-bond acceptors (Lipinski definition) is 4. The highest BCUT2D eigenvalue weighted by molar-refractivity contribution is 9.10. The van der Waals surface area contributed by atoms with Crippen LogP contribution in [0.1, 0.15) is 24.5 Å². The van der Waals surface area contributed by atoms with Crippen LogP contribution in [0.25, 0.3) is 0 Å². The van der Waals surface area contributed by atoms with Crippen LogP contribution in [-0.2, 0) is 13.2 Å². The van der Waals surface area contributed by atoms with Gasteiger partial charge in [0, 0.05) is 28.2 Å². The van der Waals surface area contributed by atoms with Gasteiger partial charge in [-0.1, -0.05) is 40.5 Å². The van der Waals surface area contributed by atoms with Gasteiger partial charge in [-0.25, -0.2) is 4.39 Å². The van der Waals surface area contributed by atoms with Gasteiger partial charge in [-0.15, -0.1) is 0 Å². The van der Waals surface area contributed by atoms with Gasteiger partial charge in [-0.2, -0.15) is 0 Å². The Balaban J connectivity index is 2.28. The molecule has 2 N–H and O–H groups in total. The molecule has 7 heteroatoms. The minimum Gasteiger partial charge on any atom is -0.493 e. The summed E-state index contributed by atoms with van der Waals surface area (Å²) in [5, 5.41) is 13.0. The predicted molar refractivity (Wildman–Crippen MR) is 104 cm³/mol. The molecular weight excluding hydrogens is 425 g/mol. The fourth-order valence-electron chi connectivity index (χ4n) is 2.46. The zero-order valence-corrected chi connectivity index (χ0v) is 17.0. The summed E-state index contributed by atoms with van der Waals surface area (Å²) >= 11 is 9.60. The first-order valence-electron chi connectivity index (χ1n) is 8.27. The van der Waals surface area contributed by atoms with Gasteiger partial charge in [0.2, 0.25) is 0 Å². The van der Waals surface area contributed by atoms with Crippen LogP contribution in [0.3, 0.4) is 0 Å². The summed E-state index contributed by atoms with van der Waals surface area (Å²) in [6.07, 6.45) is 0.791. The lowest BCUT2D eigenvalue weighted by atomic mass is 10.1. The summed E-state index contributed by atoms with van der Waals surface area (Å²) in [6, 6.07) is 8.13. The highest BCUT2D eigenvalue weighted by atomic mass is 79.9.